The van der Waals surface area contributed by atoms with Gasteiger partial charge >= 0.3 is 0 Å². The largest absolute Gasteiger partial charge is 0.367 e. The zero-order valence-electron chi connectivity index (χ0n) is 11.9. The Hall–Kier alpha value is -1.46. The topological polar surface area (TPSA) is 38.2 Å². The van der Waals surface area contributed by atoms with Gasteiger partial charge in [-0.25, -0.2) is 4.98 Å². The smallest absolute Gasteiger partial charge is 0.205 e. The second-order valence-corrected chi connectivity index (χ2v) is 5.94. The van der Waals surface area contributed by atoms with Crippen LogP contribution in [-0.2, 0) is 16.8 Å². The first kappa shape index (κ1) is 13.5. The molecule has 0 spiro atoms. The first-order chi connectivity index (χ1) is 9.71. The van der Waals surface area contributed by atoms with Crippen molar-refractivity contribution in [2.24, 2.45) is 0 Å². The van der Waals surface area contributed by atoms with Gasteiger partial charge in [-0.3, -0.25) is 0 Å². The van der Waals surface area contributed by atoms with Crippen LogP contribution in [0.5, 0.6) is 0 Å². The van der Waals surface area contributed by atoms with Crippen molar-refractivity contribution in [3.63, 3.8) is 0 Å². The van der Waals surface area contributed by atoms with Crippen LogP contribution in [0.25, 0.3) is 0 Å². The highest BCUT2D eigenvalue weighted by Gasteiger charge is 2.34. The van der Waals surface area contributed by atoms with Gasteiger partial charge in [-0.15, -0.1) is 0 Å². The fraction of sp³-hybridized carbons (Fsp3) is 0.467. The highest BCUT2D eigenvalue weighted by molar-refractivity contribution is 7.09. The van der Waals surface area contributed by atoms with Crippen LogP contribution in [0.1, 0.15) is 25.2 Å². The summed E-state index contributed by atoms with van der Waals surface area (Å²) >= 11 is 1.49. The minimum Gasteiger partial charge on any atom is -0.367 e. The maximum absolute atomic E-state index is 6.05. The van der Waals surface area contributed by atoms with Crippen LogP contribution in [0.2, 0.25) is 0 Å². The van der Waals surface area contributed by atoms with Crippen LogP contribution >= 0.6 is 11.5 Å². The van der Waals surface area contributed by atoms with Crippen LogP contribution in [0.4, 0.5) is 5.13 Å². The Morgan fingerprint density at radius 2 is 2.15 bits per heavy atom. The van der Waals surface area contributed by atoms with E-state index in [0.29, 0.717) is 6.61 Å². The summed E-state index contributed by atoms with van der Waals surface area (Å²) in [7, 11) is 0. The monoisotopic (exact) mass is 289 g/mol. The van der Waals surface area contributed by atoms with E-state index in [1.807, 2.05) is 6.07 Å². The molecule has 0 bridgehead atoms. The zero-order valence-corrected chi connectivity index (χ0v) is 12.7. The number of anilines is 1. The summed E-state index contributed by atoms with van der Waals surface area (Å²) in [6.45, 7) is 6.64. The molecule has 0 radical (unpaired) electrons. The van der Waals surface area contributed by atoms with Crippen molar-refractivity contribution in [3.05, 3.63) is 41.7 Å². The summed E-state index contributed by atoms with van der Waals surface area (Å²) < 4.78 is 10.4. The van der Waals surface area contributed by atoms with Gasteiger partial charge in [0, 0.05) is 24.5 Å². The molecule has 0 N–H and O–H groups in total. The van der Waals surface area contributed by atoms with Crippen molar-refractivity contribution in [1.29, 1.82) is 0 Å². The molecule has 0 aliphatic carbocycles. The molecule has 1 aromatic heterocycles. The van der Waals surface area contributed by atoms with Crippen molar-refractivity contribution >= 4 is 16.7 Å². The molecule has 2 aromatic rings. The van der Waals surface area contributed by atoms with E-state index >= 15 is 0 Å². The molecule has 1 fully saturated rings. The summed E-state index contributed by atoms with van der Waals surface area (Å²) in [5.74, 6) is 0.929. The number of aryl methyl sites for hydroxylation is 1. The Bertz CT molecular complexity index is 572. The molecule has 5 heteroatoms. The minimum absolute atomic E-state index is 0.280. The molecule has 1 aliphatic rings. The lowest BCUT2D eigenvalue weighted by atomic mass is 9.94. The Balaban J connectivity index is 1.82. The van der Waals surface area contributed by atoms with Gasteiger partial charge in [0.25, 0.3) is 0 Å². The van der Waals surface area contributed by atoms with E-state index in [0.717, 1.165) is 30.5 Å². The van der Waals surface area contributed by atoms with Crippen molar-refractivity contribution in [3.8, 4) is 0 Å². The Labute approximate surface area is 123 Å². The molecule has 1 aromatic carbocycles. The highest BCUT2D eigenvalue weighted by Crippen LogP contribution is 2.32. The summed E-state index contributed by atoms with van der Waals surface area (Å²) in [5, 5.41) is 1.01. The van der Waals surface area contributed by atoms with E-state index in [2.05, 4.69) is 52.4 Å². The second kappa shape index (κ2) is 5.50. The van der Waals surface area contributed by atoms with Crippen LogP contribution in [0.3, 0.4) is 0 Å². The molecule has 106 valence electrons. The predicted octanol–water partition coefficient (Wildman–Crippen LogP) is 2.85. The molecule has 20 heavy (non-hydrogen) atoms. The average Bonchev–Trinajstić information content (AvgIpc) is 2.97. The molecule has 1 saturated heterocycles. The molecular formula is C15H19N3OS. The molecule has 3 rings (SSSR count). The van der Waals surface area contributed by atoms with Gasteiger partial charge in [-0.1, -0.05) is 37.3 Å². The lowest BCUT2D eigenvalue weighted by molar-refractivity contribution is -0.0466. The van der Waals surface area contributed by atoms with E-state index < -0.39 is 0 Å². The summed E-state index contributed by atoms with van der Waals surface area (Å²) in [5.41, 5.74) is 0.933. The average molecular weight is 289 g/mol. The van der Waals surface area contributed by atoms with Crippen molar-refractivity contribution < 1.29 is 4.74 Å². The number of hydrogen-bond acceptors (Lipinski definition) is 5. The van der Waals surface area contributed by atoms with Gasteiger partial charge in [0.1, 0.15) is 11.4 Å². The number of benzene rings is 1. The van der Waals surface area contributed by atoms with Crippen LogP contribution < -0.4 is 4.90 Å². The Morgan fingerprint density at radius 3 is 2.85 bits per heavy atom. The van der Waals surface area contributed by atoms with E-state index in [9.17, 15) is 0 Å². The van der Waals surface area contributed by atoms with Crippen LogP contribution in [-0.4, -0.2) is 29.1 Å². The van der Waals surface area contributed by atoms with Gasteiger partial charge in [-0.05, 0) is 12.5 Å². The maximum atomic E-state index is 6.05. The number of rotatable bonds is 3. The summed E-state index contributed by atoms with van der Waals surface area (Å²) in [6, 6.07) is 10.4. The van der Waals surface area contributed by atoms with Gasteiger partial charge in [-0.2, -0.15) is 4.37 Å². The van der Waals surface area contributed by atoms with Gasteiger partial charge < -0.3 is 9.64 Å². The fourth-order valence-corrected chi connectivity index (χ4v) is 3.29. The first-order valence-corrected chi connectivity index (χ1v) is 7.75. The predicted molar refractivity (Wildman–Crippen MR) is 81.2 cm³/mol. The molecule has 0 amide bonds. The van der Waals surface area contributed by atoms with Crippen LogP contribution in [0.15, 0.2) is 30.3 Å². The SMILES string of the molecule is CCc1nsc(N2CCOC(C)(c3ccccc3)C2)n1. The van der Waals surface area contributed by atoms with Crippen molar-refractivity contribution in [1.82, 2.24) is 9.36 Å². The fourth-order valence-electron chi connectivity index (χ4n) is 2.52. The van der Waals surface area contributed by atoms with E-state index in [1.165, 1.54) is 17.1 Å². The Morgan fingerprint density at radius 1 is 1.35 bits per heavy atom. The number of ether oxygens (including phenoxy) is 1. The molecule has 1 aliphatic heterocycles. The Kier molecular flexibility index (Phi) is 3.72. The molecule has 4 nitrogen and oxygen atoms in total. The third-order valence-electron chi connectivity index (χ3n) is 3.70. The van der Waals surface area contributed by atoms with E-state index in [-0.39, 0.29) is 5.60 Å². The highest BCUT2D eigenvalue weighted by atomic mass is 32.1. The standard InChI is InChI=1S/C15H19N3OS/c1-3-13-16-14(20-17-13)18-9-10-19-15(2,11-18)12-7-5-4-6-8-12/h4-8H,3,9-11H2,1-2H3. The number of morpholine rings is 1. The number of nitrogens with zero attached hydrogens (tertiary/aromatic N) is 3. The molecule has 0 saturated carbocycles. The van der Waals surface area contributed by atoms with Crippen LogP contribution in [0, 0.1) is 0 Å². The van der Waals surface area contributed by atoms with Gasteiger partial charge in [0.05, 0.1) is 13.2 Å². The summed E-state index contributed by atoms with van der Waals surface area (Å²) in [6.07, 6.45) is 0.886. The zero-order chi connectivity index (χ0) is 14.0. The maximum Gasteiger partial charge on any atom is 0.205 e. The quantitative estimate of drug-likeness (QED) is 0.871. The normalized spacial score (nSPS) is 23.0. The third-order valence-corrected chi connectivity index (χ3v) is 4.52. The van der Waals surface area contributed by atoms with E-state index in [4.69, 9.17) is 4.74 Å². The van der Waals surface area contributed by atoms with Gasteiger partial charge in [0.2, 0.25) is 5.13 Å². The van der Waals surface area contributed by atoms with Crippen molar-refractivity contribution in [2.75, 3.05) is 24.6 Å². The third kappa shape index (κ3) is 2.55. The summed E-state index contributed by atoms with van der Waals surface area (Å²) in [4.78, 5) is 6.87. The number of aromatic nitrogens is 2. The molecule has 2 heterocycles. The molecular weight excluding hydrogens is 270 g/mol. The molecule has 1 atom stereocenters. The second-order valence-electron chi connectivity index (χ2n) is 5.21. The molecule has 1 unspecified atom stereocenters. The lowest BCUT2D eigenvalue weighted by Crippen LogP contribution is -2.48. The minimum atomic E-state index is -0.280. The van der Waals surface area contributed by atoms with Gasteiger partial charge in [0.15, 0.2) is 0 Å². The number of hydrogen-bond donors (Lipinski definition) is 0. The van der Waals surface area contributed by atoms with E-state index in [1.54, 1.807) is 0 Å². The van der Waals surface area contributed by atoms with Crippen molar-refractivity contribution in [2.45, 2.75) is 25.9 Å². The first-order valence-electron chi connectivity index (χ1n) is 6.98. The lowest BCUT2D eigenvalue weighted by Gasteiger charge is -2.40.